The number of para-hydroxylation sites is 2. The first-order valence-electron chi connectivity index (χ1n) is 20.3. The lowest BCUT2D eigenvalue weighted by molar-refractivity contribution is 0.622. The molecule has 0 bridgehead atoms. The molecule has 8 aromatic carbocycles. The van der Waals surface area contributed by atoms with Crippen molar-refractivity contribution in [2.45, 2.75) is 58.0 Å². The Labute approximate surface area is 336 Å². The summed E-state index contributed by atoms with van der Waals surface area (Å²) in [6, 6.07) is 50.2. The van der Waals surface area contributed by atoms with E-state index in [2.05, 4.69) is 221 Å². The van der Waals surface area contributed by atoms with Gasteiger partial charge in [-0.3, -0.25) is 0 Å². The van der Waals surface area contributed by atoms with E-state index in [1.807, 2.05) is 0 Å². The molecular formula is C55H46N2. The lowest BCUT2D eigenvalue weighted by Crippen LogP contribution is -2.40. The van der Waals surface area contributed by atoms with Gasteiger partial charge in [0.1, 0.15) is 0 Å². The number of benzene rings is 8. The molecule has 0 fully saturated rings. The van der Waals surface area contributed by atoms with Crippen molar-refractivity contribution in [1.29, 1.82) is 0 Å². The van der Waals surface area contributed by atoms with Gasteiger partial charge in [0.15, 0.2) is 0 Å². The molecule has 2 nitrogen and oxygen atoms in total. The molecule has 0 radical (unpaired) electrons. The van der Waals surface area contributed by atoms with Crippen LogP contribution in [0.1, 0.15) is 74.9 Å². The predicted octanol–water partition coefficient (Wildman–Crippen LogP) is 14.9. The summed E-state index contributed by atoms with van der Waals surface area (Å²) in [4.78, 5) is 5.02. The molecule has 0 aromatic heterocycles. The maximum absolute atomic E-state index is 2.52. The summed E-state index contributed by atoms with van der Waals surface area (Å²) in [6.45, 7) is 14.0. The third kappa shape index (κ3) is 4.96. The summed E-state index contributed by atoms with van der Waals surface area (Å²) in [6.07, 6.45) is 13.8. The zero-order chi connectivity index (χ0) is 38.8. The molecule has 0 atom stereocenters. The molecule has 57 heavy (non-hydrogen) atoms. The lowest BCUT2D eigenvalue weighted by atomic mass is 9.81. The maximum Gasteiger partial charge on any atom is 0.0581 e. The normalized spacial score (nSPS) is 17.1. The Morgan fingerprint density at radius 3 is 1.74 bits per heavy atom. The van der Waals surface area contributed by atoms with Gasteiger partial charge in [-0.15, -0.1) is 0 Å². The Balaban J connectivity index is 0.968. The molecule has 0 unspecified atom stereocenters. The van der Waals surface area contributed by atoms with Gasteiger partial charge in [0.2, 0.25) is 0 Å². The minimum atomic E-state index is -0.173. The minimum Gasteiger partial charge on any atom is -0.332 e. The lowest BCUT2D eigenvalue weighted by Gasteiger charge is -2.42. The molecule has 0 spiro atoms. The van der Waals surface area contributed by atoms with Gasteiger partial charge in [-0.1, -0.05) is 153 Å². The Kier molecular flexibility index (Phi) is 7.03. The van der Waals surface area contributed by atoms with E-state index in [1.54, 1.807) is 0 Å². The first-order valence-corrected chi connectivity index (χ1v) is 20.3. The second-order valence-corrected chi connectivity index (χ2v) is 17.9. The van der Waals surface area contributed by atoms with Crippen molar-refractivity contribution in [2.24, 2.45) is 0 Å². The van der Waals surface area contributed by atoms with E-state index < -0.39 is 0 Å². The topological polar surface area (TPSA) is 6.48 Å². The van der Waals surface area contributed by atoms with E-state index in [1.165, 1.54) is 99.6 Å². The molecule has 3 aliphatic rings. The van der Waals surface area contributed by atoms with Gasteiger partial charge in [-0.25, -0.2) is 0 Å². The molecule has 0 N–H and O–H groups in total. The van der Waals surface area contributed by atoms with Crippen molar-refractivity contribution in [1.82, 2.24) is 0 Å². The number of nitrogens with zero attached hydrogens (tertiary/aromatic N) is 2. The number of anilines is 4. The summed E-state index contributed by atoms with van der Waals surface area (Å²) in [5, 5.41) is 7.81. The maximum atomic E-state index is 2.52. The molecule has 0 saturated heterocycles. The van der Waals surface area contributed by atoms with Gasteiger partial charge in [0, 0.05) is 33.6 Å². The zero-order valence-corrected chi connectivity index (χ0v) is 33.6. The molecule has 2 heteroatoms. The molecule has 2 aliphatic heterocycles. The van der Waals surface area contributed by atoms with Crippen LogP contribution in [-0.4, -0.2) is 11.1 Å². The van der Waals surface area contributed by atoms with Crippen LogP contribution >= 0.6 is 0 Å². The summed E-state index contributed by atoms with van der Waals surface area (Å²) in [7, 11) is 0. The molecule has 0 amide bonds. The van der Waals surface area contributed by atoms with Gasteiger partial charge in [0.05, 0.1) is 11.1 Å². The van der Waals surface area contributed by atoms with Crippen LogP contribution in [0.25, 0.3) is 67.7 Å². The van der Waals surface area contributed by atoms with Crippen LogP contribution in [0.15, 0.2) is 146 Å². The summed E-state index contributed by atoms with van der Waals surface area (Å²) >= 11 is 0. The van der Waals surface area contributed by atoms with E-state index in [0.717, 1.165) is 0 Å². The van der Waals surface area contributed by atoms with Crippen LogP contribution in [-0.2, 0) is 5.41 Å². The number of fused-ring (bicyclic) bond motifs is 5. The largest absolute Gasteiger partial charge is 0.332 e. The van der Waals surface area contributed by atoms with Gasteiger partial charge in [-0.2, -0.15) is 0 Å². The van der Waals surface area contributed by atoms with Crippen LogP contribution < -0.4 is 9.80 Å². The van der Waals surface area contributed by atoms with Crippen molar-refractivity contribution in [3.05, 3.63) is 179 Å². The Morgan fingerprint density at radius 1 is 0.456 bits per heavy atom. The fraction of sp³-hybridized carbons (Fsp3) is 0.164. The SMILES string of the molecule is CC1(C)c2cc(/C=C/c3ccc4ccc5c(N6c7ccccc7C=CC6(C)C)ccc6ccc3c4c65)ccc2-c2ccc(N3c4ccccc4C=CC3(C)C)cc21. The molecule has 276 valence electrons. The molecule has 1 aliphatic carbocycles. The summed E-state index contributed by atoms with van der Waals surface area (Å²) in [5.74, 6) is 0. The highest BCUT2D eigenvalue weighted by Crippen LogP contribution is 2.52. The molecule has 2 heterocycles. The second kappa shape index (κ2) is 11.8. The van der Waals surface area contributed by atoms with Crippen molar-refractivity contribution in [2.75, 3.05) is 9.80 Å². The van der Waals surface area contributed by atoms with E-state index >= 15 is 0 Å². The summed E-state index contributed by atoms with van der Waals surface area (Å²) < 4.78 is 0. The van der Waals surface area contributed by atoms with Gasteiger partial charge in [-0.05, 0) is 129 Å². The van der Waals surface area contributed by atoms with Crippen LogP contribution in [0.5, 0.6) is 0 Å². The average molecular weight is 735 g/mol. The van der Waals surface area contributed by atoms with E-state index in [0.29, 0.717) is 0 Å². The van der Waals surface area contributed by atoms with Gasteiger partial charge in [0.25, 0.3) is 0 Å². The molecule has 11 rings (SSSR count). The highest BCUT2D eigenvalue weighted by Gasteiger charge is 2.38. The number of hydrogen-bond donors (Lipinski definition) is 0. The standard InChI is InChI=1S/C55H46N2/c1-53(2)31-29-37-11-7-9-13-48(37)56(53)41-23-27-44-43-24-16-35(33-46(43)55(5,6)47(44)34-41)15-17-36-18-19-39-21-26-45-50(28-22-40-20-25-42(36)51(39)52(40)45)57-49-14-10-8-12-38(49)30-32-54(57,3)4/h7-34H,1-6H3/b17-15+. The van der Waals surface area contributed by atoms with E-state index in [-0.39, 0.29) is 16.5 Å². The van der Waals surface area contributed by atoms with Gasteiger partial charge >= 0.3 is 0 Å². The van der Waals surface area contributed by atoms with Crippen molar-refractivity contribution in [3.63, 3.8) is 0 Å². The third-order valence-corrected chi connectivity index (χ3v) is 13.2. The van der Waals surface area contributed by atoms with E-state index in [4.69, 9.17) is 0 Å². The van der Waals surface area contributed by atoms with Crippen LogP contribution in [0.2, 0.25) is 0 Å². The quantitative estimate of drug-likeness (QED) is 0.131. The highest BCUT2D eigenvalue weighted by molar-refractivity contribution is 6.27. The smallest absolute Gasteiger partial charge is 0.0581 e. The van der Waals surface area contributed by atoms with Crippen molar-refractivity contribution < 1.29 is 0 Å². The Bertz CT molecular complexity index is 3060. The third-order valence-electron chi connectivity index (χ3n) is 13.2. The van der Waals surface area contributed by atoms with Crippen LogP contribution in [0.4, 0.5) is 22.7 Å². The first-order chi connectivity index (χ1) is 27.5. The second-order valence-electron chi connectivity index (χ2n) is 17.9. The van der Waals surface area contributed by atoms with Gasteiger partial charge < -0.3 is 9.80 Å². The van der Waals surface area contributed by atoms with Crippen molar-refractivity contribution in [3.8, 4) is 11.1 Å². The van der Waals surface area contributed by atoms with Crippen molar-refractivity contribution >= 4 is 79.4 Å². The fourth-order valence-electron chi connectivity index (χ4n) is 10.3. The zero-order valence-electron chi connectivity index (χ0n) is 33.6. The first kappa shape index (κ1) is 33.9. The van der Waals surface area contributed by atoms with Crippen LogP contribution in [0.3, 0.4) is 0 Å². The monoisotopic (exact) mass is 734 g/mol. The predicted molar refractivity (Wildman–Crippen MR) is 246 cm³/mol. The summed E-state index contributed by atoms with van der Waals surface area (Å²) in [5.41, 5.74) is 15.0. The van der Waals surface area contributed by atoms with Crippen LogP contribution in [0, 0.1) is 0 Å². The minimum absolute atomic E-state index is 0.135. The Morgan fingerprint density at radius 2 is 1.02 bits per heavy atom. The number of hydrogen-bond acceptors (Lipinski definition) is 2. The molecule has 8 aromatic rings. The number of rotatable bonds is 4. The molecule has 0 saturated carbocycles. The average Bonchev–Trinajstić information content (AvgIpc) is 3.43. The Hall–Kier alpha value is -6.38. The fourth-order valence-corrected chi connectivity index (χ4v) is 10.3. The highest BCUT2D eigenvalue weighted by atomic mass is 15.2. The molecular weight excluding hydrogens is 689 g/mol. The van der Waals surface area contributed by atoms with E-state index in [9.17, 15) is 0 Å².